The van der Waals surface area contributed by atoms with E-state index in [2.05, 4.69) is 37.4 Å². The van der Waals surface area contributed by atoms with Gasteiger partial charge in [0.2, 0.25) is 5.95 Å². The molecule has 1 atom stereocenters. The largest absolute Gasteiger partial charge is 0.383 e. The number of nitrogens with two attached hydrogens (primary N) is 1. The molecular weight excluding hydrogens is 274 g/mol. The third-order valence-corrected chi connectivity index (χ3v) is 3.17. The molecule has 0 aliphatic carbocycles. The second kappa shape index (κ2) is 7.16. The number of fused-ring (bicyclic) bond motifs is 1. The molecule has 0 aliphatic heterocycles. The summed E-state index contributed by atoms with van der Waals surface area (Å²) in [6, 6.07) is 0.115. The highest BCUT2D eigenvalue weighted by atomic mass is 16.5. The number of nitrogens with one attached hydrogen (secondary N) is 2. The Labute approximate surface area is 122 Å². The van der Waals surface area contributed by atoms with E-state index in [1.165, 1.54) is 0 Å². The van der Waals surface area contributed by atoms with Gasteiger partial charge in [-0.15, -0.1) is 0 Å². The number of aromatic nitrogens is 4. The number of anilines is 2. The van der Waals surface area contributed by atoms with Crippen LogP contribution < -0.4 is 16.2 Å². The van der Waals surface area contributed by atoms with Crippen molar-refractivity contribution < 1.29 is 9.47 Å². The minimum atomic E-state index is 0.115. The lowest BCUT2D eigenvalue weighted by atomic mass is 10.2. The quantitative estimate of drug-likeness (QED) is 0.465. The number of ether oxygens (including phenoxy) is 2. The van der Waals surface area contributed by atoms with E-state index in [1.54, 1.807) is 20.4 Å². The molecule has 2 heterocycles. The summed E-state index contributed by atoms with van der Waals surface area (Å²) in [7, 11) is 3.34. The van der Waals surface area contributed by atoms with E-state index >= 15 is 0 Å². The number of hydrazine groups is 1. The summed E-state index contributed by atoms with van der Waals surface area (Å²) in [5.74, 6) is 6.50. The summed E-state index contributed by atoms with van der Waals surface area (Å²) in [4.78, 5) is 10.8. The second-order valence-electron chi connectivity index (χ2n) is 4.64. The zero-order valence-electron chi connectivity index (χ0n) is 12.5. The Kier molecular flexibility index (Phi) is 5.26. The minimum Gasteiger partial charge on any atom is -0.383 e. The van der Waals surface area contributed by atoms with Crippen molar-refractivity contribution in [1.82, 2.24) is 20.2 Å². The number of hydrogen-bond acceptors (Lipinski definition) is 8. The van der Waals surface area contributed by atoms with Gasteiger partial charge in [0.25, 0.3) is 0 Å². The third kappa shape index (κ3) is 3.38. The summed E-state index contributed by atoms with van der Waals surface area (Å²) in [6.45, 7) is 3.87. The first-order chi connectivity index (χ1) is 10.2. The summed E-state index contributed by atoms with van der Waals surface area (Å²) in [5, 5.41) is 7.68. The van der Waals surface area contributed by atoms with E-state index in [0.717, 1.165) is 11.2 Å². The minimum absolute atomic E-state index is 0.115. The summed E-state index contributed by atoms with van der Waals surface area (Å²) < 4.78 is 10.4. The molecule has 21 heavy (non-hydrogen) atoms. The molecule has 9 heteroatoms. The Hall–Kier alpha value is -1.97. The average Bonchev–Trinajstić information content (AvgIpc) is 2.96. The molecule has 0 fully saturated rings. The number of nitrogen functional groups attached to an aromatic ring is 1. The molecule has 4 N–H and O–H groups in total. The molecular formula is C12H21N7O2. The van der Waals surface area contributed by atoms with Crippen LogP contribution in [0, 0.1) is 0 Å². The molecule has 0 amide bonds. The highest BCUT2D eigenvalue weighted by molar-refractivity contribution is 5.87. The molecule has 0 saturated carbocycles. The first-order valence-electron chi connectivity index (χ1n) is 6.63. The average molecular weight is 295 g/mol. The van der Waals surface area contributed by atoms with E-state index in [-0.39, 0.29) is 6.04 Å². The number of aromatic amines is 1. The van der Waals surface area contributed by atoms with Crippen molar-refractivity contribution in [3.63, 3.8) is 0 Å². The first-order valence-corrected chi connectivity index (χ1v) is 6.63. The van der Waals surface area contributed by atoms with Gasteiger partial charge in [-0.05, 0) is 6.92 Å². The van der Waals surface area contributed by atoms with Crippen molar-refractivity contribution in [2.45, 2.75) is 13.0 Å². The van der Waals surface area contributed by atoms with Gasteiger partial charge in [-0.3, -0.25) is 10.5 Å². The van der Waals surface area contributed by atoms with Gasteiger partial charge in [0.1, 0.15) is 5.82 Å². The number of H-pyrrole nitrogens is 1. The topological polar surface area (TPSA) is 114 Å². The predicted molar refractivity (Wildman–Crippen MR) is 80.1 cm³/mol. The maximum Gasteiger partial charge on any atom is 0.241 e. The number of hydrogen-bond donors (Lipinski definition) is 3. The van der Waals surface area contributed by atoms with Crippen molar-refractivity contribution in [1.29, 1.82) is 0 Å². The van der Waals surface area contributed by atoms with Crippen molar-refractivity contribution in [2.75, 3.05) is 44.3 Å². The normalized spacial score (nSPS) is 12.6. The van der Waals surface area contributed by atoms with Gasteiger partial charge in [-0.1, -0.05) is 0 Å². The van der Waals surface area contributed by atoms with Gasteiger partial charge in [0, 0.05) is 20.8 Å². The Morgan fingerprint density at radius 1 is 1.38 bits per heavy atom. The van der Waals surface area contributed by atoms with Crippen molar-refractivity contribution in [3.05, 3.63) is 6.20 Å². The third-order valence-electron chi connectivity index (χ3n) is 3.17. The molecule has 2 aromatic rings. The Morgan fingerprint density at radius 3 is 2.86 bits per heavy atom. The van der Waals surface area contributed by atoms with Gasteiger partial charge in [-0.2, -0.15) is 15.1 Å². The van der Waals surface area contributed by atoms with Crippen LogP contribution in [0.4, 0.5) is 11.8 Å². The van der Waals surface area contributed by atoms with E-state index in [1.807, 2.05) is 0 Å². The van der Waals surface area contributed by atoms with Crippen LogP contribution in [0.15, 0.2) is 6.20 Å². The zero-order valence-corrected chi connectivity index (χ0v) is 12.5. The fraction of sp³-hybridized carbons (Fsp3) is 0.583. The van der Waals surface area contributed by atoms with Crippen LogP contribution in [-0.2, 0) is 9.47 Å². The van der Waals surface area contributed by atoms with E-state index < -0.39 is 0 Å². The molecule has 2 rings (SSSR count). The highest BCUT2D eigenvalue weighted by Crippen LogP contribution is 2.25. The monoisotopic (exact) mass is 295 g/mol. The van der Waals surface area contributed by atoms with Crippen molar-refractivity contribution in [3.8, 4) is 0 Å². The van der Waals surface area contributed by atoms with E-state index in [9.17, 15) is 0 Å². The summed E-state index contributed by atoms with van der Waals surface area (Å²) in [5.41, 5.74) is 3.10. The molecule has 2 aromatic heterocycles. The van der Waals surface area contributed by atoms with Gasteiger partial charge in [0.05, 0.1) is 30.8 Å². The molecule has 0 spiro atoms. The van der Waals surface area contributed by atoms with Gasteiger partial charge < -0.3 is 14.4 Å². The number of methoxy groups -OCH3 is 2. The van der Waals surface area contributed by atoms with Crippen LogP contribution in [-0.4, -0.2) is 60.2 Å². The smallest absolute Gasteiger partial charge is 0.241 e. The van der Waals surface area contributed by atoms with Crippen molar-refractivity contribution >= 4 is 22.8 Å². The molecule has 116 valence electrons. The highest BCUT2D eigenvalue weighted by Gasteiger charge is 2.20. The van der Waals surface area contributed by atoms with Crippen LogP contribution in [0.25, 0.3) is 11.0 Å². The fourth-order valence-electron chi connectivity index (χ4n) is 2.16. The standard InChI is InChI=1S/C12H21N7O2/c1-8(7-21-3)19(4-5-20-2)11-9-6-14-18-10(9)15-12(16-11)17-13/h6,8H,4-5,7,13H2,1-3H3,(H2,14,15,16,17,18). The SMILES string of the molecule is COCCN(c1nc(NN)nc2[nH]ncc12)C(C)COC. The summed E-state index contributed by atoms with van der Waals surface area (Å²) in [6.07, 6.45) is 1.70. The van der Waals surface area contributed by atoms with Crippen LogP contribution in [0.5, 0.6) is 0 Å². The Morgan fingerprint density at radius 2 is 2.19 bits per heavy atom. The predicted octanol–water partition coefficient (Wildman–Crippen LogP) is 0.126. The molecule has 0 aromatic carbocycles. The lowest BCUT2D eigenvalue weighted by molar-refractivity contribution is 0.170. The van der Waals surface area contributed by atoms with Crippen molar-refractivity contribution in [2.24, 2.45) is 5.84 Å². The van der Waals surface area contributed by atoms with E-state index in [4.69, 9.17) is 15.3 Å². The number of rotatable bonds is 8. The lowest BCUT2D eigenvalue weighted by Crippen LogP contribution is -2.39. The van der Waals surface area contributed by atoms with Gasteiger partial charge >= 0.3 is 0 Å². The van der Waals surface area contributed by atoms with Gasteiger partial charge in [-0.25, -0.2) is 5.84 Å². The van der Waals surface area contributed by atoms with Gasteiger partial charge in [0.15, 0.2) is 5.65 Å². The lowest BCUT2D eigenvalue weighted by Gasteiger charge is -2.30. The Bertz CT molecular complexity index is 574. The van der Waals surface area contributed by atoms with Crippen LogP contribution in [0.2, 0.25) is 0 Å². The molecule has 0 bridgehead atoms. The molecule has 9 nitrogen and oxygen atoms in total. The van der Waals surface area contributed by atoms with Crippen LogP contribution in [0.3, 0.4) is 0 Å². The van der Waals surface area contributed by atoms with Crippen LogP contribution in [0.1, 0.15) is 6.92 Å². The summed E-state index contributed by atoms with van der Waals surface area (Å²) >= 11 is 0. The molecule has 0 radical (unpaired) electrons. The second-order valence-corrected chi connectivity index (χ2v) is 4.64. The van der Waals surface area contributed by atoms with E-state index in [0.29, 0.717) is 31.4 Å². The number of nitrogens with zero attached hydrogens (tertiary/aromatic N) is 4. The Balaban J connectivity index is 2.43. The van der Waals surface area contributed by atoms with Crippen LogP contribution >= 0.6 is 0 Å². The maximum absolute atomic E-state index is 5.44. The molecule has 1 unspecified atom stereocenters. The molecule has 0 aliphatic rings. The zero-order chi connectivity index (χ0) is 15.2. The fourth-order valence-corrected chi connectivity index (χ4v) is 2.16. The maximum atomic E-state index is 5.44. The first kappa shape index (κ1) is 15.4. The molecule has 0 saturated heterocycles.